The molecule has 2 atom stereocenters. The topological polar surface area (TPSA) is 23.8 Å². The molecule has 74 valence electrons. The van der Waals surface area contributed by atoms with Crippen molar-refractivity contribution < 1.29 is 0 Å². The van der Waals surface area contributed by atoms with Crippen molar-refractivity contribution >= 4 is 0 Å². The zero-order chi connectivity index (χ0) is 10.1. The second-order valence-electron chi connectivity index (χ2n) is 3.78. The monoisotopic (exact) mass is 179 g/mol. The fourth-order valence-electron chi connectivity index (χ4n) is 1.21. The molecule has 0 bridgehead atoms. The number of hydrogen-bond acceptors (Lipinski definition) is 1. The molecular weight excluding hydrogens is 158 g/mol. The molecule has 0 aliphatic heterocycles. The summed E-state index contributed by atoms with van der Waals surface area (Å²) in [5.74, 6) is 0.691. The molecule has 0 aromatic rings. The van der Waals surface area contributed by atoms with Gasteiger partial charge in [0.05, 0.1) is 12.0 Å². The van der Waals surface area contributed by atoms with E-state index >= 15 is 0 Å². The summed E-state index contributed by atoms with van der Waals surface area (Å²) >= 11 is 0. The van der Waals surface area contributed by atoms with Crippen LogP contribution >= 0.6 is 0 Å². The maximum absolute atomic E-state index is 8.56. The van der Waals surface area contributed by atoms with Crippen molar-refractivity contribution in [3.8, 4) is 6.07 Å². The Hall–Kier alpha value is -0.770. The molecule has 0 aromatic carbocycles. The maximum atomic E-state index is 8.56. The highest BCUT2D eigenvalue weighted by atomic mass is 14.2. The number of rotatable bonds is 6. The van der Waals surface area contributed by atoms with Crippen LogP contribution in [0.3, 0.4) is 0 Å². The van der Waals surface area contributed by atoms with Crippen LogP contribution in [0.2, 0.25) is 0 Å². The van der Waals surface area contributed by atoms with Gasteiger partial charge in [-0.1, -0.05) is 45.3 Å². The van der Waals surface area contributed by atoms with E-state index in [9.17, 15) is 0 Å². The first kappa shape index (κ1) is 12.2. The Morgan fingerprint density at radius 1 is 1.23 bits per heavy atom. The molecule has 0 aromatic heterocycles. The van der Waals surface area contributed by atoms with Crippen LogP contribution in [-0.2, 0) is 0 Å². The average molecular weight is 179 g/mol. The van der Waals surface area contributed by atoms with Crippen molar-refractivity contribution in [1.29, 1.82) is 5.26 Å². The molecule has 13 heavy (non-hydrogen) atoms. The van der Waals surface area contributed by atoms with Crippen LogP contribution in [-0.4, -0.2) is 0 Å². The van der Waals surface area contributed by atoms with Crippen LogP contribution < -0.4 is 0 Å². The Kier molecular flexibility index (Phi) is 7.39. The Labute approximate surface area is 82.5 Å². The molecule has 0 N–H and O–H groups in total. The van der Waals surface area contributed by atoms with Gasteiger partial charge in [-0.15, -0.1) is 0 Å². The highest BCUT2D eigenvalue weighted by molar-refractivity contribution is 4.98. The summed E-state index contributed by atoms with van der Waals surface area (Å²) in [6.45, 7) is 6.36. The molecule has 0 radical (unpaired) electrons. The van der Waals surface area contributed by atoms with Crippen molar-refractivity contribution in [2.24, 2.45) is 11.8 Å². The van der Waals surface area contributed by atoms with Gasteiger partial charge in [0.15, 0.2) is 0 Å². The predicted octanol–water partition coefficient (Wildman–Crippen LogP) is 3.92. The van der Waals surface area contributed by atoms with Crippen LogP contribution in [0.25, 0.3) is 0 Å². The molecule has 0 fully saturated rings. The summed E-state index contributed by atoms with van der Waals surface area (Å²) in [5.41, 5.74) is 0. The molecule has 0 heterocycles. The number of nitriles is 1. The van der Waals surface area contributed by atoms with E-state index in [1.165, 1.54) is 25.7 Å². The summed E-state index contributed by atoms with van der Waals surface area (Å²) in [6.07, 6.45) is 9.35. The summed E-state index contributed by atoms with van der Waals surface area (Å²) < 4.78 is 0. The summed E-state index contributed by atoms with van der Waals surface area (Å²) in [7, 11) is 0. The van der Waals surface area contributed by atoms with Gasteiger partial charge in [-0.2, -0.15) is 5.26 Å². The van der Waals surface area contributed by atoms with Crippen molar-refractivity contribution in [3.05, 3.63) is 12.2 Å². The van der Waals surface area contributed by atoms with Gasteiger partial charge in [-0.05, 0) is 19.3 Å². The standard InChI is InChI=1S/C12H21N/c1-4-5-6-7-11(2)8-9-12(3)10-13/h8-9,11-12H,4-7H2,1-3H3/b9-8-. The van der Waals surface area contributed by atoms with Crippen molar-refractivity contribution in [1.82, 2.24) is 0 Å². The van der Waals surface area contributed by atoms with Crippen LogP contribution in [0.4, 0.5) is 0 Å². The summed E-state index contributed by atoms with van der Waals surface area (Å²) in [6, 6.07) is 2.20. The van der Waals surface area contributed by atoms with Crippen molar-refractivity contribution in [2.75, 3.05) is 0 Å². The lowest BCUT2D eigenvalue weighted by molar-refractivity contribution is 0.574. The minimum atomic E-state index is 0.0635. The van der Waals surface area contributed by atoms with Gasteiger partial charge >= 0.3 is 0 Å². The Morgan fingerprint density at radius 2 is 1.92 bits per heavy atom. The van der Waals surface area contributed by atoms with E-state index in [0.29, 0.717) is 5.92 Å². The fourth-order valence-corrected chi connectivity index (χ4v) is 1.21. The molecule has 1 nitrogen and oxygen atoms in total. The molecule has 0 aliphatic carbocycles. The SMILES string of the molecule is CCCCCC(C)/C=C\C(C)C#N. The molecule has 0 saturated heterocycles. The number of allylic oxidation sites excluding steroid dienone is 2. The molecular formula is C12H21N. The third kappa shape index (κ3) is 7.59. The molecule has 0 spiro atoms. The zero-order valence-corrected chi connectivity index (χ0v) is 9.09. The summed E-state index contributed by atoms with van der Waals surface area (Å²) in [5, 5.41) is 8.56. The van der Waals surface area contributed by atoms with Crippen LogP contribution in [0.15, 0.2) is 12.2 Å². The minimum absolute atomic E-state index is 0.0635. The van der Waals surface area contributed by atoms with Gasteiger partial charge in [-0.25, -0.2) is 0 Å². The normalized spacial score (nSPS) is 15.5. The van der Waals surface area contributed by atoms with Gasteiger partial charge in [-0.3, -0.25) is 0 Å². The van der Waals surface area contributed by atoms with E-state index in [4.69, 9.17) is 5.26 Å². The van der Waals surface area contributed by atoms with Gasteiger partial charge in [0, 0.05) is 0 Å². The van der Waals surface area contributed by atoms with E-state index in [1.807, 2.05) is 13.0 Å². The van der Waals surface area contributed by atoms with Crippen LogP contribution in [0.1, 0.15) is 46.5 Å². The quantitative estimate of drug-likeness (QED) is 0.448. The molecule has 0 saturated carbocycles. The summed E-state index contributed by atoms with van der Waals surface area (Å²) in [4.78, 5) is 0. The van der Waals surface area contributed by atoms with E-state index in [-0.39, 0.29) is 5.92 Å². The lowest BCUT2D eigenvalue weighted by Gasteiger charge is -2.04. The first-order valence-corrected chi connectivity index (χ1v) is 5.28. The average Bonchev–Trinajstić information content (AvgIpc) is 2.14. The lowest BCUT2D eigenvalue weighted by Crippen LogP contribution is -1.91. The highest BCUT2D eigenvalue weighted by Gasteiger charge is 1.97. The van der Waals surface area contributed by atoms with Gasteiger partial charge in [0.1, 0.15) is 0 Å². The minimum Gasteiger partial charge on any atom is -0.198 e. The van der Waals surface area contributed by atoms with Gasteiger partial charge < -0.3 is 0 Å². The number of unbranched alkanes of at least 4 members (excludes halogenated alkanes) is 2. The maximum Gasteiger partial charge on any atom is 0.0694 e. The Bertz CT molecular complexity index is 176. The predicted molar refractivity (Wildman–Crippen MR) is 57.2 cm³/mol. The largest absolute Gasteiger partial charge is 0.198 e. The van der Waals surface area contributed by atoms with Crippen molar-refractivity contribution in [3.63, 3.8) is 0 Å². The number of hydrogen-bond donors (Lipinski definition) is 0. The third-order valence-corrected chi connectivity index (χ3v) is 2.19. The van der Waals surface area contributed by atoms with Crippen molar-refractivity contribution in [2.45, 2.75) is 46.5 Å². The molecule has 0 amide bonds. The first-order chi connectivity index (χ1) is 6.20. The van der Waals surface area contributed by atoms with E-state index < -0.39 is 0 Å². The number of nitrogens with zero attached hydrogens (tertiary/aromatic N) is 1. The van der Waals surface area contributed by atoms with Crippen LogP contribution in [0, 0.1) is 23.2 Å². The molecule has 0 aliphatic rings. The second-order valence-corrected chi connectivity index (χ2v) is 3.78. The molecule has 0 rings (SSSR count). The Morgan fingerprint density at radius 3 is 2.46 bits per heavy atom. The smallest absolute Gasteiger partial charge is 0.0694 e. The second kappa shape index (κ2) is 7.86. The molecule has 1 heteroatoms. The lowest BCUT2D eigenvalue weighted by atomic mass is 10.0. The van der Waals surface area contributed by atoms with Crippen LogP contribution in [0.5, 0.6) is 0 Å². The Balaban J connectivity index is 3.56. The van der Waals surface area contributed by atoms with Gasteiger partial charge in [0.25, 0.3) is 0 Å². The molecule has 2 unspecified atom stereocenters. The first-order valence-electron chi connectivity index (χ1n) is 5.28. The van der Waals surface area contributed by atoms with E-state index in [1.54, 1.807) is 0 Å². The van der Waals surface area contributed by atoms with Gasteiger partial charge in [0.2, 0.25) is 0 Å². The third-order valence-electron chi connectivity index (χ3n) is 2.19. The fraction of sp³-hybridized carbons (Fsp3) is 0.750. The van der Waals surface area contributed by atoms with E-state index in [0.717, 1.165) is 0 Å². The zero-order valence-electron chi connectivity index (χ0n) is 9.09. The highest BCUT2D eigenvalue weighted by Crippen LogP contribution is 2.11. The van der Waals surface area contributed by atoms with E-state index in [2.05, 4.69) is 26.0 Å².